The maximum absolute atomic E-state index is 6.22. The van der Waals surface area contributed by atoms with Crippen molar-refractivity contribution in [1.82, 2.24) is 0 Å². The Kier molecular flexibility index (Phi) is 3.47. The van der Waals surface area contributed by atoms with E-state index in [0.717, 1.165) is 17.2 Å². The van der Waals surface area contributed by atoms with Gasteiger partial charge in [-0.15, -0.1) is 0 Å². The van der Waals surface area contributed by atoms with Crippen LogP contribution >= 0.6 is 11.6 Å². The number of hydrogen-bond acceptors (Lipinski definition) is 1. The number of ether oxygens (including phenoxy) is 1. The van der Waals surface area contributed by atoms with Crippen LogP contribution in [0.25, 0.3) is 0 Å². The highest BCUT2D eigenvalue weighted by Gasteiger charge is 2.32. The van der Waals surface area contributed by atoms with Crippen LogP contribution in [0.1, 0.15) is 35.3 Å². The molecule has 104 valence electrons. The molecule has 1 aliphatic rings. The molecule has 1 aliphatic carbocycles. The minimum Gasteiger partial charge on any atom is -0.485 e. The first-order valence-electron chi connectivity index (χ1n) is 7.07. The molecule has 0 fully saturated rings. The van der Waals surface area contributed by atoms with Crippen molar-refractivity contribution < 1.29 is 4.74 Å². The first-order valence-corrected chi connectivity index (χ1v) is 7.44. The molecule has 0 spiro atoms. The second-order valence-corrected chi connectivity index (χ2v) is 6.26. The Hall–Kier alpha value is -1.47. The zero-order valence-corrected chi connectivity index (χ0v) is 12.9. The number of halogens is 1. The third-order valence-electron chi connectivity index (χ3n) is 4.11. The Bertz CT molecular complexity index is 631. The van der Waals surface area contributed by atoms with E-state index in [0.29, 0.717) is 5.92 Å². The highest BCUT2D eigenvalue weighted by atomic mass is 35.5. The summed E-state index contributed by atoms with van der Waals surface area (Å²) >= 11 is 6.21. The summed E-state index contributed by atoms with van der Waals surface area (Å²) in [5.41, 5.74) is 5.17. The molecule has 1 unspecified atom stereocenters. The van der Waals surface area contributed by atoms with Crippen LogP contribution in [0.4, 0.5) is 0 Å². The van der Waals surface area contributed by atoms with E-state index in [1.807, 2.05) is 18.2 Å². The predicted molar refractivity (Wildman–Crippen MR) is 83.6 cm³/mol. The molecule has 0 bridgehead atoms. The van der Waals surface area contributed by atoms with Crippen molar-refractivity contribution in [2.75, 3.05) is 0 Å². The molecule has 20 heavy (non-hydrogen) atoms. The quantitative estimate of drug-likeness (QED) is 0.731. The van der Waals surface area contributed by atoms with E-state index in [1.54, 1.807) is 0 Å². The van der Waals surface area contributed by atoms with E-state index >= 15 is 0 Å². The van der Waals surface area contributed by atoms with Crippen LogP contribution in [0, 0.1) is 19.8 Å². The lowest BCUT2D eigenvalue weighted by molar-refractivity contribution is 0.159. The van der Waals surface area contributed by atoms with E-state index in [2.05, 4.69) is 39.0 Å². The first-order chi connectivity index (χ1) is 9.54. The lowest BCUT2D eigenvalue weighted by atomic mass is 10.0. The average molecular weight is 287 g/mol. The zero-order chi connectivity index (χ0) is 14.3. The van der Waals surface area contributed by atoms with Crippen molar-refractivity contribution in [3.63, 3.8) is 0 Å². The van der Waals surface area contributed by atoms with Crippen molar-refractivity contribution in [2.45, 2.75) is 33.3 Å². The van der Waals surface area contributed by atoms with Gasteiger partial charge in [0.15, 0.2) is 0 Å². The minimum atomic E-state index is 0.102. The van der Waals surface area contributed by atoms with Crippen molar-refractivity contribution in [3.8, 4) is 5.75 Å². The number of rotatable bonds is 2. The summed E-state index contributed by atoms with van der Waals surface area (Å²) in [6, 6.07) is 12.3. The maximum atomic E-state index is 6.22. The van der Waals surface area contributed by atoms with Crippen LogP contribution in [0.3, 0.4) is 0 Å². The SMILES string of the molecule is Cc1ccc(O[C@H]2c3cc(Cl)cc(C)c3CC2C)cc1. The monoisotopic (exact) mass is 286 g/mol. The Morgan fingerprint density at radius 1 is 1.10 bits per heavy atom. The molecule has 2 aromatic carbocycles. The molecule has 2 aromatic rings. The van der Waals surface area contributed by atoms with Crippen LogP contribution in [0.2, 0.25) is 5.02 Å². The van der Waals surface area contributed by atoms with E-state index in [-0.39, 0.29) is 6.10 Å². The van der Waals surface area contributed by atoms with Gasteiger partial charge in [-0.25, -0.2) is 0 Å². The van der Waals surface area contributed by atoms with Crippen LogP contribution in [-0.4, -0.2) is 0 Å². The van der Waals surface area contributed by atoms with Gasteiger partial charge in [-0.3, -0.25) is 0 Å². The fourth-order valence-electron chi connectivity index (χ4n) is 3.01. The van der Waals surface area contributed by atoms with Crippen molar-refractivity contribution in [1.29, 1.82) is 0 Å². The topological polar surface area (TPSA) is 9.23 Å². The molecule has 0 amide bonds. The van der Waals surface area contributed by atoms with Gasteiger partial charge in [0.1, 0.15) is 11.9 Å². The van der Waals surface area contributed by atoms with Gasteiger partial charge in [-0.1, -0.05) is 36.2 Å². The summed E-state index contributed by atoms with van der Waals surface area (Å²) < 4.78 is 6.22. The molecule has 0 aromatic heterocycles. The zero-order valence-electron chi connectivity index (χ0n) is 12.1. The summed E-state index contributed by atoms with van der Waals surface area (Å²) in [4.78, 5) is 0. The fourth-order valence-corrected chi connectivity index (χ4v) is 3.29. The first kappa shape index (κ1) is 13.5. The molecule has 3 rings (SSSR count). The van der Waals surface area contributed by atoms with Crippen LogP contribution < -0.4 is 4.74 Å². The maximum Gasteiger partial charge on any atom is 0.127 e. The molecule has 1 nitrogen and oxygen atoms in total. The van der Waals surface area contributed by atoms with Gasteiger partial charge < -0.3 is 4.74 Å². The highest BCUT2D eigenvalue weighted by molar-refractivity contribution is 6.30. The summed E-state index contributed by atoms with van der Waals surface area (Å²) in [6.07, 6.45) is 1.17. The second-order valence-electron chi connectivity index (χ2n) is 5.82. The number of benzene rings is 2. The highest BCUT2D eigenvalue weighted by Crippen LogP contribution is 2.41. The molecular weight excluding hydrogens is 268 g/mol. The third kappa shape index (κ3) is 2.43. The second kappa shape index (κ2) is 5.14. The van der Waals surface area contributed by atoms with E-state index in [9.17, 15) is 0 Å². The van der Waals surface area contributed by atoms with Gasteiger partial charge in [-0.05, 0) is 61.2 Å². The molecule has 0 N–H and O–H groups in total. The number of fused-ring (bicyclic) bond motifs is 1. The standard InChI is InChI=1S/C18H19ClO/c1-11-4-6-15(7-5-11)20-18-13(3)9-16-12(2)8-14(19)10-17(16)18/h4-8,10,13,18H,9H2,1-3H3/t13?,18-/m1/s1. The Morgan fingerprint density at radius 3 is 2.50 bits per heavy atom. The Labute approximate surface area is 125 Å². The number of hydrogen-bond donors (Lipinski definition) is 0. The Morgan fingerprint density at radius 2 is 1.80 bits per heavy atom. The lowest BCUT2D eigenvalue weighted by Gasteiger charge is -2.19. The fraction of sp³-hybridized carbons (Fsp3) is 0.333. The molecule has 0 heterocycles. The summed E-state index contributed by atoms with van der Waals surface area (Å²) in [6.45, 7) is 6.46. The van der Waals surface area contributed by atoms with Crippen molar-refractivity contribution >= 4 is 11.6 Å². The summed E-state index contributed by atoms with van der Waals surface area (Å²) in [5, 5.41) is 0.799. The van der Waals surface area contributed by atoms with Crippen LogP contribution in [-0.2, 0) is 6.42 Å². The molecule has 2 heteroatoms. The minimum absolute atomic E-state index is 0.102. The molecule has 0 saturated heterocycles. The van der Waals surface area contributed by atoms with Crippen LogP contribution in [0.15, 0.2) is 36.4 Å². The molecule has 0 saturated carbocycles. The molecule has 2 atom stereocenters. The van der Waals surface area contributed by atoms with Gasteiger partial charge >= 0.3 is 0 Å². The molecular formula is C18H19ClO. The van der Waals surface area contributed by atoms with Crippen molar-refractivity contribution in [3.05, 3.63) is 63.7 Å². The van der Waals surface area contributed by atoms with Crippen LogP contribution in [0.5, 0.6) is 5.75 Å². The Balaban J connectivity index is 1.94. The van der Waals surface area contributed by atoms with Gasteiger partial charge in [-0.2, -0.15) is 0 Å². The smallest absolute Gasteiger partial charge is 0.127 e. The normalized spacial score (nSPS) is 20.8. The average Bonchev–Trinajstić information content (AvgIpc) is 2.70. The lowest BCUT2D eigenvalue weighted by Crippen LogP contribution is -2.11. The molecule has 0 radical (unpaired) electrons. The van der Waals surface area contributed by atoms with E-state index < -0.39 is 0 Å². The van der Waals surface area contributed by atoms with Gasteiger partial charge in [0.05, 0.1) is 0 Å². The third-order valence-corrected chi connectivity index (χ3v) is 4.32. The van der Waals surface area contributed by atoms with Gasteiger partial charge in [0.25, 0.3) is 0 Å². The summed E-state index contributed by atoms with van der Waals surface area (Å²) in [5.74, 6) is 1.40. The van der Waals surface area contributed by atoms with Gasteiger partial charge in [0.2, 0.25) is 0 Å². The van der Waals surface area contributed by atoms with Crippen molar-refractivity contribution in [2.24, 2.45) is 5.92 Å². The molecule has 0 aliphatic heterocycles. The van der Waals surface area contributed by atoms with Gasteiger partial charge in [0, 0.05) is 10.9 Å². The van der Waals surface area contributed by atoms with E-state index in [1.165, 1.54) is 22.3 Å². The number of aryl methyl sites for hydroxylation is 2. The van der Waals surface area contributed by atoms with E-state index in [4.69, 9.17) is 16.3 Å². The largest absolute Gasteiger partial charge is 0.485 e. The summed E-state index contributed by atoms with van der Waals surface area (Å²) in [7, 11) is 0. The predicted octanol–water partition coefficient (Wildman–Crippen LogP) is 5.27.